The molecule has 0 aliphatic carbocycles. The Hall–Kier alpha value is -2.67. The first-order chi connectivity index (χ1) is 10.3. The van der Waals surface area contributed by atoms with Crippen molar-refractivity contribution in [2.24, 2.45) is 0 Å². The van der Waals surface area contributed by atoms with Gasteiger partial charge in [-0.05, 0) is 30.3 Å². The fraction of sp³-hybridized carbons (Fsp3) is 0.235. The Bertz CT molecular complexity index is 691. The number of anilines is 1. The van der Waals surface area contributed by atoms with E-state index in [9.17, 15) is 5.26 Å². The van der Waals surface area contributed by atoms with Gasteiger partial charge in [-0.25, -0.2) is 0 Å². The molecular weight excluding hydrogens is 264 g/mol. The molecule has 1 unspecified atom stereocenters. The second-order valence-electron chi connectivity index (χ2n) is 4.90. The molecule has 1 aliphatic heterocycles. The number of nitrogens with one attached hydrogen (secondary N) is 1. The Labute approximate surface area is 123 Å². The molecule has 1 aliphatic rings. The Balaban J connectivity index is 1.93. The zero-order valence-electron chi connectivity index (χ0n) is 11.8. The van der Waals surface area contributed by atoms with E-state index in [1.165, 1.54) is 0 Å². The number of fused-ring (bicyclic) bond motifs is 1. The molecule has 21 heavy (non-hydrogen) atoms. The number of para-hydroxylation sites is 1. The van der Waals surface area contributed by atoms with E-state index in [1.807, 2.05) is 42.5 Å². The summed E-state index contributed by atoms with van der Waals surface area (Å²) in [5.74, 6) is 1.67. The van der Waals surface area contributed by atoms with Gasteiger partial charge >= 0.3 is 0 Å². The van der Waals surface area contributed by atoms with Crippen LogP contribution in [0, 0.1) is 11.3 Å². The molecule has 3 rings (SSSR count). The lowest BCUT2D eigenvalue weighted by Gasteiger charge is -2.28. The third kappa shape index (κ3) is 2.63. The lowest BCUT2D eigenvalue weighted by Crippen LogP contribution is -2.20. The predicted octanol–water partition coefficient (Wildman–Crippen LogP) is 3.50. The molecular formula is C17H16N2O2. The first-order valence-corrected chi connectivity index (χ1v) is 6.88. The summed E-state index contributed by atoms with van der Waals surface area (Å²) in [5, 5.41) is 12.6. The summed E-state index contributed by atoms with van der Waals surface area (Å²) in [7, 11) is 1.65. The van der Waals surface area contributed by atoms with Gasteiger partial charge in [0, 0.05) is 12.0 Å². The SMILES string of the molecule is COc1ccc2c(c1)C(Nc1ccccc1C#N)CCO2. The largest absolute Gasteiger partial charge is 0.497 e. The molecule has 0 aromatic heterocycles. The average molecular weight is 280 g/mol. The van der Waals surface area contributed by atoms with Gasteiger partial charge in [-0.15, -0.1) is 0 Å². The molecule has 1 atom stereocenters. The Morgan fingerprint density at radius 1 is 1.29 bits per heavy atom. The number of ether oxygens (including phenoxy) is 2. The fourth-order valence-corrected chi connectivity index (χ4v) is 2.54. The monoisotopic (exact) mass is 280 g/mol. The number of hydrogen-bond acceptors (Lipinski definition) is 4. The third-order valence-electron chi connectivity index (χ3n) is 3.63. The number of rotatable bonds is 3. The van der Waals surface area contributed by atoms with Gasteiger partial charge in [-0.1, -0.05) is 12.1 Å². The van der Waals surface area contributed by atoms with Crippen LogP contribution in [0.2, 0.25) is 0 Å². The Morgan fingerprint density at radius 2 is 2.14 bits per heavy atom. The maximum Gasteiger partial charge on any atom is 0.124 e. The van der Waals surface area contributed by atoms with Gasteiger partial charge in [-0.2, -0.15) is 5.26 Å². The highest BCUT2D eigenvalue weighted by Crippen LogP contribution is 2.37. The molecule has 2 aromatic carbocycles. The highest BCUT2D eigenvalue weighted by atomic mass is 16.5. The zero-order valence-corrected chi connectivity index (χ0v) is 11.8. The second-order valence-corrected chi connectivity index (χ2v) is 4.90. The maximum absolute atomic E-state index is 9.19. The maximum atomic E-state index is 9.19. The van der Waals surface area contributed by atoms with Gasteiger partial charge in [0.25, 0.3) is 0 Å². The van der Waals surface area contributed by atoms with Crippen molar-refractivity contribution < 1.29 is 9.47 Å². The van der Waals surface area contributed by atoms with Crippen molar-refractivity contribution in [2.75, 3.05) is 19.0 Å². The number of nitrogens with zero attached hydrogens (tertiary/aromatic N) is 1. The van der Waals surface area contributed by atoms with Crippen molar-refractivity contribution >= 4 is 5.69 Å². The van der Waals surface area contributed by atoms with Gasteiger partial charge < -0.3 is 14.8 Å². The van der Waals surface area contributed by atoms with E-state index in [1.54, 1.807) is 7.11 Å². The second kappa shape index (κ2) is 5.76. The number of methoxy groups -OCH3 is 1. The van der Waals surface area contributed by atoms with E-state index in [-0.39, 0.29) is 6.04 Å². The molecule has 0 spiro atoms. The van der Waals surface area contributed by atoms with Crippen molar-refractivity contribution in [3.8, 4) is 17.6 Å². The minimum Gasteiger partial charge on any atom is -0.497 e. The van der Waals surface area contributed by atoms with Crippen molar-refractivity contribution in [3.05, 3.63) is 53.6 Å². The summed E-state index contributed by atoms with van der Waals surface area (Å²) in [6, 6.07) is 15.7. The molecule has 0 saturated heterocycles. The van der Waals surface area contributed by atoms with E-state index in [0.29, 0.717) is 12.2 Å². The van der Waals surface area contributed by atoms with Crippen LogP contribution in [0.15, 0.2) is 42.5 Å². The van der Waals surface area contributed by atoms with E-state index in [0.717, 1.165) is 29.2 Å². The normalized spacial score (nSPS) is 16.3. The van der Waals surface area contributed by atoms with Crippen molar-refractivity contribution in [1.29, 1.82) is 5.26 Å². The molecule has 0 fully saturated rings. The van der Waals surface area contributed by atoms with E-state index < -0.39 is 0 Å². The minimum absolute atomic E-state index is 0.110. The molecule has 0 saturated carbocycles. The molecule has 4 nitrogen and oxygen atoms in total. The van der Waals surface area contributed by atoms with Crippen LogP contribution >= 0.6 is 0 Å². The molecule has 2 aromatic rings. The molecule has 4 heteroatoms. The zero-order chi connectivity index (χ0) is 14.7. The Morgan fingerprint density at radius 3 is 2.95 bits per heavy atom. The van der Waals surface area contributed by atoms with Crippen LogP contribution in [0.4, 0.5) is 5.69 Å². The lowest BCUT2D eigenvalue weighted by atomic mass is 9.99. The van der Waals surface area contributed by atoms with Crippen LogP contribution < -0.4 is 14.8 Å². The van der Waals surface area contributed by atoms with E-state index in [4.69, 9.17) is 9.47 Å². The minimum atomic E-state index is 0.110. The van der Waals surface area contributed by atoms with Crippen molar-refractivity contribution in [2.45, 2.75) is 12.5 Å². The van der Waals surface area contributed by atoms with Crippen LogP contribution in [0.3, 0.4) is 0 Å². The van der Waals surface area contributed by atoms with Gasteiger partial charge in [0.15, 0.2) is 0 Å². The summed E-state index contributed by atoms with van der Waals surface area (Å²) in [6.07, 6.45) is 0.847. The highest BCUT2D eigenvalue weighted by molar-refractivity contribution is 5.59. The average Bonchev–Trinajstić information content (AvgIpc) is 2.55. The van der Waals surface area contributed by atoms with E-state index in [2.05, 4.69) is 11.4 Å². The van der Waals surface area contributed by atoms with Gasteiger partial charge in [0.2, 0.25) is 0 Å². The predicted molar refractivity (Wildman–Crippen MR) is 80.6 cm³/mol. The third-order valence-corrected chi connectivity index (χ3v) is 3.63. The lowest BCUT2D eigenvalue weighted by molar-refractivity contribution is 0.273. The smallest absolute Gasteiger partial charge is 0.124 e. The summed E-state index contributed by atoms with van der Waals surface area (Å²) >= 11 is 0. The van der Waals surface area contributed by atoms with Crippen LogP contribution in [0.5, 0.6) is 11.5 Å². The van der Waals surface area contributed by atoms with Crippen molar-refractivity contribution in [3.63, 3.8) is 0 Å². The summed E-state index contributed by atoms with van der Waals surface area (Å²) in [5.41, 5.74) is 2.56. The van der Waals surface area contributed by atoms with E-state index >= 15 is 0 Å². The summed E-state index contributed by atoms with van der Waals surface area (Å²) < 4.78 is 11.0. The van der Waals surface area contributed by atoms with Gasteiger partial charge in [0.05, 0.1) is 31.0 Å². The summed E-state index contributed by atoms with van der Waals surface area (Å²) in [4.78, 5) is 0. The van der Waals surface area contributed by atoms with Crippen LogP contribution in [-0.2, 0) is 0 Å². The first-order valence-electron chi connectivity index (χ1n) is 6.88. The van der Waals surface area contributed by atoms with Gasteiger partial charge in [-0.3, -0.25) is 0 Å². The van der Waals surface area contributed by atoms with Crippen molar-refractivity contribution in [1.82, 2.24) is 0 Å². The van der Waals surface area contributed by atoms with Crippen LogP contribution in [0.1, 0.15) is 23.6 Å². The number of nitriles is 1. The quantitative estimate of drug-likeness (QED) is 0.935. The molecule has 0 radical (unpaired) electrons. The first kappa shape index (κ1) is 13.3. The van der Waals surface area contributed by atoms with Gasteiger partial charge in [0.1, 0.15) is 17.6 Å². The number of benzene rings is 2. The summed E-state index contributed by atoms with van der Waals surface area (Å²) in [6.45, 7) is 0.658. The molecule has 0 bridgehead atoms. The highest BCUT2D eigenvalue weighted by Gasteiger charge is 2.22. The molecule has 106 valence electrons. The molecule has 1 heterocycles. The molecule has 0 amide bonds. The van der Waals surface area contributed by atoms with Crippen LogP contribution in [-0.4, -0.2) is 13.7 Å². The molecule has 1 N–H and O–H groups in total. The van der Waals surface area contributed by atoms with Crippen LogP contribution in [0.25, 0.3) is 0 Å². The number of hydrogen-bond donors (Lipinski definition) is 1. The standard InChI is InChI=1S/C17H16N2O2/c1-20-13-6-7-17-14(10-13)16(8-9-21-17)19-15-5-3-2-4-12(15)11-18/h2-7,10,16,19H,8-9H2,1H3. The topological polar surface area (TPSA) is 54.3 Å². The fourth-order valence-electron chi connectivity index (χ4n) is 2.54. The Kier molecular flexibility index (Phi) is 3.65.